The highest BCUT2D eigenvalue weighted by Crippen LogP contribution is 2.37. The molecule has 3 rings (SSSR count). The standard InChI is InChI=1S/C18H26BFN2O3/c1-10(2)22-14-9-12(19-24-17(4,5)18(6,7)25-19)8-13(20)15(14)21-16(22)11(3)23/h8-11,23H,1-7H3. The molecule has 136 valence electrons. The molecule has 2 heterocycles. The SMILES string of the molecule is CC(O)c1nc2c(F)cc(B3OC(C)(C)C(C)(C)O3)cc2n1C(C)C. The second-order valence-electron chi connectivity index (χ2n) is 8.07. The van der Waals surface area contributed by atoms with Crippen LogP contribution in [0.4, 0.5) is 4.39 Å². The van der Waals surface area contributed by atoms with Gasteiger partial charge in [0, 0.05) is 6.04 Å². The Morgan fingerprint density at radius 1 is 1.12 bits per heavy atom. The van der Waals surface area contributed by atoms with Crippen LogP contribution in [0.25, 0.3) is 11.0 Å². The largest absolute Gasteiger partial charge is 0.495 e. The van der Waals surface area contributed by atoms with Crippen molar-refractivity contribution in [2.75, 3.05) is 0 Å². The van der Waals surface area contributed by atoms with E-state index in [1.54, 1.807) is 6.92 Å². The normalized spacial score (nSPS) is 20.6. The maximum absolute atomic E-state index is 14.7. The summed E-state index contributed by atoms with van der Waals surface area (Å²) < 4.78 is 28.7. The molecule has 1 saturated heterocycles. The number of nitrogens with zero attached hydrogens (tertiary/aromatic N) is 2. The first-order valence-electron chi connectivity index (χ1n) is 8.69. The lowest BCUT2D eigenvalue weighted by molar-refractivity contribution is 0.00578. The Balaban J connectivity index is 2.15. The van der Waals surface area contributed by atoms with Gasteiger partial charge in [0.15, 0.2) is 5.82 Å². The number of aliphatic hydroxyl groups excluding tert-OH is 1. The second kappa shape index (κ2) is 5.79. The van der Waals surface area contributed by atoms with Gasteiger partial charge in [0.1, 0.15) is 17.4 Å². The van der Waals surface area contributed by atoms with E-state index in [1.165, 1.54) is 6.07 Å². The highest BCUT2D eigenvalue weighted by molar-refractivity contribution is 6.62. The minimum absolute atomic E-state index is 0.0301. The maximum Gasteiger partial charge on any atom is 0.495 e. The van der Waals surface area contributed by atoms with Crippen LogP contribution in [0.1, 0.15) is 66.4 Å². The minimum atomic E-state index is -0.783. The fraction of sp³-hybridized carbons (Fsp3) is 0.611. The molecule has 0 radical (unpaired) electrons. The van der Waals surface area contributed by atoms with Gasteiger partial charge < -0.3 is 19.0 Å². The third-order valence-corrected chi connectivity index (χ3v) is 5.21. The number of imidazole rings is 1. The Hall–Kier alpha value is -1.44. The van der Waals surface area contributed by atoms with Crippen LogP contribution in [0.15, 0.2) is 12.1 Å². The van der Waals surface area contributed by atoms with E-state index in [0.29, 0.717) is 16.8 Å². The van der Waals surface area contributed by atoms with E-state index in [-0.39, 0.29) is 11.6 Å². The van der Waals surface area contributed by atoms with Crippen LogP contribution in [-0.4, -0.2) is 33.0 Å². The average Bonchev–Trinajstić information content (AvgIpc) is 2.95. The number of hydrogen-bond donors (Lipinski definition) is 1. The van der Waals surface area contributed by atoms with Crippen LogP contribution in [-0.2, 0) is 9.31 Å². The molecule has 0 amide bonds. The summed E-state index contributed by atoms with van der Waals surface area (Å²) in [5, 5.41) is 10.0. The summed E-state index contributed by atoms with van der Waals surface area (Å²) in [6.45, 7) is 13.4. The fourth-order valence-corrected chi connectivity index (χ4v) is 3.14. The summed E-state index contributed by atoms with van der Waals surface area (Å²) in [5.74, 6) is 0.0125. The van der Waals surface area contributed by atoms with Crippen LogP contribution in [0.5, 0.6) is 0 Å². The van der Waals surface area contributed by atoms with Crippen LogP contribution in [0, 0.1) is 5.82 Å². The smallest absolute Gasteiger partial charge is 0.399 e. The lowest BCUT2D eigenvalue weighted by Crippen LogP contribution is -2.41. The number of hydrogen-bond acceptors (Lipinski definition) is 4. The number of fused-ring (bicyclic) bond motifs is 1. The molecule has 1 aromatic carbocycles. The topological polar surface area (TPSA) is 56.5 Å². The molecule has 0 spiro atoms. The number of halogens is 1. The predicted octanol–water partition coefficient (Wildman–Crippen LogP) is 3.11. The highest BCUT2D eigenvalue weighted by Gasteiger charge is 2.52. The molecule has 1 aromatic heterocycles. The molecular weight excluding hydrogens is 322 g/mol. The van der Waals surface area contributed by atoms with E-state index < -0.39 is 30.2 Å². The average molecular weight is 348 g/mol. The molecule has 5 nitrogen and oxygen atoms in total. The van der Waals surface area contributed by atoms with Crippen molar-refractivity contribution in [3.05, 3.63) is 23.8 Å². The van der Waals surface area contributed by atoms with Gasteiger partial charge in [-0.25, -0.2) is 9.37 Å². The van der Waals surface area contributed by atoms with Crippen molar-refractivity contribution in [1.82, 2.24) is 9.55 Å². The van der Waals surface area contributed by atoms with Crippen molar-refractivity contribution in [2.45, 2.75) is 71.8 Å². The van der Waals surface area contributed by atoms with Crippen molar-refractivity contribution < 1.29 is 18.8 Å². The van der Waals surface area contributed by atoms with E-state index in [0.717, 1.165) is 0 Å². The summed E-state index contributed by atoms with van der Waals surface area (Å²) in [6, 6.07) is 3.29. The van der Waals surface area contributed by atoms with Crippen molar-refractivity contribution in [3.63, 3.8) is 0 Å². The number of rotatable bonds is 3. The Bertz CT molecular complexity index is 798. The number of aromatic nitrogens is 2. The third kappa shape index (κ3) is 2.88. The number of benzene rings is 1. The van der Waals surface area contributed by atoms with Crippen molar-refractivity contribution in [2.24, 2.45) is 0 Å². The predicted molar refractivity (Wildman–Crippen MR) is 96.4 cm³/mol. The van der Waals surface area contributed by atoms with Gasteiger partial charge in [-0.3, -0.25) is 0 Å². The Kier molecular flexibility index (Phi) is 4.25. The molecule has 1 aliphatic rings. The number of aliphatic hydroxyl groups is 1. The van der Waals surface area contributed by atoms with Gasteiger partial charge in [0.05, 0.1) is 16.7 Å². The van der Waals surface area contributed by atoms with Gasteiger partial charge in [-0.1, -0.05) is 0 Å². The summed E-state index contributed by atoms with van der Waals surface area (Å²) in [4.78, 5) is 4.31. The Morgan fingerprint density at radius 2 is 1.68 bits per heavy atom. The van der Waals surface area contributed by atoms with E-state index >= 15 is 0 Å². The summed E-state index contributed by atoms with van der Waals surface area (Å²) >= 11 is 0. The highest BCUT2D eigenvalue weighted by atomic mass is 19.1. The van der Waals surface area contributed by atoms with Gasteiger partial charge in [0.2, 0.25) is 0 Å². The molecule has 0 aliphatic carbocycles. The molecule has 0 saturated carbocycles. The summed E-state index contributed by atoms with van der Waals surface area (Å²) in [7, 11) is -0.644. The van der Waals surface area contributed by atoms with Crippen molar-refractivity contribution in [3.8, 4) is 0 Å². The van der Waals surface area contributed by atoms with E-state index in [4.69, 9.17) is 9.31 Å². The van der Waals surface area contributed by atoms with Crippen LogP contribution < -0.4 is 5.46 Å². The zero-order chi connectivity index (χ0) is 18.7. The zero-order valence-corrected chi connectivity index (χ0v) is 15.9. The molecule has 7 heteroatoms. The van der Waals surface area contributed by atoms with Gasteiger partial charge in [-0.2, -0.15) is 0 Å². The van der Waals surface area contributed by atoms with Crippen LogP contribution in [0.3, 0.4) is 0 Å². The second-order valence-corrected chi connectivity index (χ2v) is 8.07. The zero-order valence-electron chi connectivity index (χ0n) is 15.9. The lowest BCUT2D eigenvalue weighted by atomic mass is 9.79. The first-order valence-corrected chi connectivity index (χ1v) is 8.69. The molecule has 1 aliphatic heterocycles. The van der Waals surface area contributed by atoms with Crippen LogP contribution in [0.2, 0.25) is 0 Å². The van der Waals surface area contributed by atoms with Gasteiger partial charge in [-0.05, 0) is 66.1 Å². The summed E-state index contributed by atoms with van der Waals surface area (Å²) in [6.07, 6.45) is -0.783. The van der Waals surface area contributed by atoms with Gasteiger partial charge >= 0.3 is 7.12 Å². The van der Waals surface area contributed by atoms with Crippen LogP contribution >= 0.6 is 0 Å². The first-order chi connectivity index (χ1) is 11.4. The van der Waals surface area contributed by atoms with E-state index in [9.17, 15) is 9.50 Å². The maximum atomic E-state index is 14.7. The molecule has 0 bridgehead atoms. The third-order valence-electron chi connectivity index (χ3n) is 5.21. The monoisotopic (exact) mass is 348 g/mol. The molecule has 1 N–H and O–H groups in total. The molecule has 1 fully saturated rings. The Labute approximate surface area is 148 Å². The van der Waals surface area contributed by atoms with Gasteiger partial charge in [0.25, 0.3) is 0 Å². The lowest BCUT2D eigenvalue weighted by Gasteiger charge is -2.32. The Morgan fingerprint density at radius 3 is 2.16 bits per heavy atom. The van der Waals surface area contributed by atoms with E-state index in [2.05, 4.69) is 4.98 Å². The molecule has 25 heavy (non-hydrogen) atoms. The quantitative estimate of drug-likeness (QED) is 0.866. The van der Waals surface area contributed by atoms with Crippen molar-refractivity contribution in [1.29, 1.82) is 0 Å². The molecular formula is C18H26BFN2O3. The van der Waals surface area contributed by atoms with Gasteiger partial charge in [-0.15, -0.1) is 0 Å². The molecule has 2 aromatic rings. The fourth-order valence-electron chi connectivity index (χ4n) is 3.14. The summed E-state index contributed by atoms with van der Waals surface area (Å²) in [5.41, 5.74) is 0.515. The van der Waals surface area contributed by atoms with Crippen molar-refractivity contribution >= 4 is 23.6 Å². The molecule has 1 unspecified atom stereocenters. The minimum Gasteiger partial charge on any atom is -0.399 e. The first kappa shape index (κ1) is 18.4. The van der Waals surface area contributed by atoms with E-state index in [1.807, 2.05) is 52.2 Å². The molecule has 1 atom stereocenters.